The minimum absolute atomic E-state index is 0.0322. The third-order valence-electron chi connectivity index (χ3n) is 5.77. The van der Waals surface area contributed by atoms with Crippen molar-refractivity contribution in [3.8, 4) is 11.1 Å². The number of nitrogens with one attached hydrogen (secondary N) is 1. The second kappa shape index (κ2) is 6.57. The second-order valence-electron chi connectivity index (χ2n) is 7.01. The summed E-state index contributed by atoms with van der Waals surface area (Å²) in [6.45, 7) is 5.71. The molecule has 7 heteroatoms. The first-order chi connectivity index (χ1) is 12.3. The first-order valence-corrected chi connectivity index (χ1v) is 8.79. The summed E-state index contributed by atoms with van der Waals surface area (Å²) in [4.78, 5) is 25.5. The van der Waals surface area contributed by atoms with Gasteiger partial charge in [0.15, 0.2) is 0 Å². The van der Waals surface area contributed by atoms with Gasteiger partial charge in [-0.15, -0.1) is 0 Å². The van der Waals surface area contributed by atoms with E-state index in [9.17, 15) is 14.7 Å². The van der Waals surface area contributed by atoms with E-state index >= 15 is 0 Å². The highest BCUT2D eigenvalue weighted by Crippen LogP contribution is 2.45. The maximum absolute atomic E-state index is 12.5. The molecule has 1 unspecified atom stereocenters. The van der Waals surface area contributed by atoms with Crippen LogP contribution in [0.15, 0.2) is 30.6 Å². The normalized spacial score (nSPS) is 24.8. The van der Waals surface area contributed by atoms with Gasteiger partial charge in [0.25, 0.3) is 0 Å². The monoisotopic (exact) mass is 356 g/mol. The number of hydrogen-bond donors (Lipinski definition) is 1. The third-order valence-corrected chi connectivity index (χ3v) is 5.77. The summed E-state index contributed by atoms with van der Waals surface area (Å²) in [6, 6.07) is 5.48. The quantitative estimate of drug-likeness (QED) is 0.853. The molecule has 26 heavy (non-hydrogen) atoms. The first kappa shape index (κ1) is 18.1. The lowest BCUT2D eigenvalue weighted by Crippen LogP contribution is -2.60. The molecule has 1 N–H and O–H groups in total. The highest BCUT2D eigenvalue weighted by molar-refractivity contribution is 5.89. The third kappa shape index (κ3) is 2.68. The second-order valence-corrected chi connectivity index (χ2v) is 7.01. The summed E-state index contributed by atoms with van der Waals surface area (Å²) in [7, 11) is 1.90. The van der Waals surface area contributed by atoms with Crippen molar-refractivity contribution in [1.82, 2.24) is 19.6 Å². The Morgan fingerprint density at radius 2 is 2.12 bits per heavy atom. The number of carbonyl (C=O) groups excluding carboxylic acids is 2. The average molecular weight is 356 g/mol. The fraction of sp³-hybridized carbons (Fsp3) is 0.421. The molecule has 1 aromatic heterocycles. The largest absolute Gasteiger partial charge is 0.530 e. The molecule has 1 aliphatic heterocycles. The van der Waals surface area contributed by atoms with Crippen LogP contribution in [-0.4, -0.2) is 46.7 Å². The molecule has 0 radical (unpaired) electrons. The van der Waals surface area contributed by atoms with Crippen molar-refractivity contribution in [3.05, 3.63) is 36.2 Å². The van der Waals surface area contributed by atoms with Gasteiger partial charge in [-0.3, -0.25) is 5.10 Å². The van der Waals surface area contributed by atoms with Crippen LogP contribution in [0.4, 0.5) is 10.5 Å². The number of quaternary nitrogens is 1. The first-order valence-electron chi connectivity index (χ1n) is 8.79. The number of aromatic nitrogens is 2. The molecule has 7 nitrogen and oxygen atoms in total. The van der Waals surface area contributed by atoms with Gasteiger partial charge in [-0.05, 0) is 31.5 Å². The number of H-pyrrole nitrogens is 1. The van der Waals surface area contributed by atoms with Crippen LogP contribution in [0.25, 0.3) is 11.1 Å². The molecule has 0 bridgehead atoms. The van der Waals surface area contributed by atoms with Gasteiger partial charge in [0.1, 0.15) is 11.8 Å². The van der Waals surface area contributed by atoms with E-state index in [1.165, 1.54) is 4.90 Å². The lowest BCUT2D eigenvalue weighted by atomic mass is 9.86. The highest BCUT2D eigenvalue weighted by atomic mass is 16.4. The van der Waals surface area contributed by atoms with Crippen molar-refractivity contribution in [2.45, 2.75) is 39.3 Å². The molecule has 0 spiro atoms. The van der Waals surface area contributed by atoms with E-state index in [4.69, 9.17) is 0 Å². The van der Waals surface area contributed by atoms with Crippen LogP contribution in [0.1, 0.15) is 38.8 Å². The molecule has 0 fully saturated rings. The summed E-state index contributed by atoms with van der Waals surface area (Å²) >= 11 is 0. The summed E-state index contributed by atoms with van der Waals surface area (Å²) in [5.74, 6) is 0.0322. The number of fused-ring (bicyclic) bond motifs is 1. The van der Waals surface area contributed by atoms with Crippen molar-refractivity contribution in [3.63, 3.8) is 0 Å². The van der Waals surface area contributed by atoms with Crippen LogP contribution in [0.5, 0.6) is 0 Å². The minimum atomic E-state index is -1.19. The van der Waals surface area contributed by atoms with Gasteiger partial charge in [-0.1, -0.05) is 0 Å². The Hall–Kier alpha value is -2.67. The van der Waals surface area contributed by atoms with E-state index in [1.807, 2.05) is 32.2 Å². The molecule has 0 saturated carbocycles. The SMILES string of the molecule is CCN(C(=O)[O-])C1C[C@H](C)[N@+](C)(C(C)=O)c2ccc(-c3cn[nH]c3)cc21. The van der Waals surface area contributed by atoms with Crippen molar-refractivity contribution >= 4 is 17.7 Å². The van der Waals surface area contributed by atoms with Crippen LogP contribution >= 0.6 is 0 Å². The fourth-order valence-electron chi connectivity index (χ4n) is 3.98. The highest BCUT2D eigenvalue weighted by Gasteiger charge is 2.47. The number of benzene rings is 1. The molecule has 0 saturated heterocycles. The standard InChI is InChI=1S/C19H24N4O3/c1-5-22(19(25)26)17-8-12(2)23(4,13(3)24)18-7-6-14(9-16(17)18)15-10-20-21-11-15/h6-7,9-12,17H,5,8H2,1-4H3,(H-,20,21,25,26)/t12-,17?,23+/m0/s1. The molecule has 138 valence electrons. The number of aromatic amines is 1. The predicted molar refractivity (Wildman–Crippen MR) is 97.0 cm³/mol. The zero-order chi connectivity index (χ0) is 19.1. The minimum Gasteiger partial charge on any atom is -0.530 e. The van der Waals surface area contributed by atoms with Gasteiger partial charge in [-0.2, -0.15) is 5.10 Å². The van der Waals surface area contributed by atoms with Crippen molar-refractivity contribution in [2.24, 2.45) is 0 Å². The number of rotatable bonds is 3. The molecule has 1 aromatic carbocycles. The average Bonchev–Trinajstić information content (AvgIpc) is 3.13. The van der Waals surface area contributed by atoms with Gasteiger partial charge < -0.3 is 14.8 Å². The molecular formula is C19H24N4O3. The Morgan fingerprint density at radius 3 is 2.65 bits per heavy atom. The molecule has 2 aromatic rings. The molecular weight excluding hydrogens is 332 g/mol. The number of hydrogen-bond acceptors (Lipinski definition) is 4. The van der Waals surface area contributed by atoms with E-state index in [0.717, 1.165) is 22.4 Å². The van der Waals surface area contributed by atoms with Gasteiger partial charge in [0.05, 0.1) is 32.3 Å². The number of amides is 2. The van der Waals surface area contributed by atoms with E-state index in [-0.39, 0.29) is 22.5 Å². The van der Waals surface area contributed by atoms with Crippen molar-refractivity contribution < 1.29 is 14.7 Å². The van der Waals surface area contributed by atoms with Gasteiger partial charge in [0, 0.05) is 36.4 Å². The van der Waals surface area contributed by atoms with E-state index in [0.29, 0.717) is 13.0 Å². The molecule has 3 atom stereocenters. The Bertz CT molecular complexity index is 833. The molecule has 2 amide bonds. The van der Waals surface area contributed by atoms with Gasteiger partial charge >= 0.3 is 5.91 Å². The molecule has 1 aliphatic rings. The van der Waals surface area contributed by atoms with Crippen LogP contribution < -0.4 is 9.59 Å². The van der Waals surface area contributed by atoms with Crippen molar-refractivity contribution in [2.75, 3.05) is 13.6 Å². The van der Waals surface area contributed by atoms with E-state index in [1.54, 1.807) is 26.2 Å². The summed E-state index contributed by atoms with van der Waals surface area (Å²) < 4.78 is 0.155. The smallest absolute Gasteiger partial charge is 0.315 e. The number of carboxylic acid groups (broad SMARTS) is 1. The van der Waals surface area contributed by atoms with Crippen LogP contribution in [0.2, 0.25) is 0 Å². The maximum atomic E-state index is 12.5. The Kier molecular flexibility index (Phi) is 4.58. The van der Waals surface area contributed by atoms with Crippen LogP contribution in [-0.2, 0) is 4.79 Å². The number of nitrogens with zero attached hydrogens (tertiary/aromatic N) is 3. The molecule has 0 aliphatic carbocycles. The lowest BCUT2D eigenvalue weighted by molar-refractivity contribution is -0.268. The van der Waals surface area contributed by atoms with Gasteiger partial charge in [0.2, 0.25) is 0 Å². The van der Waals surface area contributed by atoms with E-state index < -0.39 is 6.09 Å². The van der Waals surface area contributed by atoms with Crippen LogP contribution in [0.3, 0.4) is 0 Å². The van der Waals surface area contributed by atoms with Crippen LogP contribution in [0, 0.1) is 0 Å². The predicted octanol–water partition coefficient (Wildman–Crippen LogP) is 2.06. The van der Waals surface area contributed by atoms with Crippen molar-refractivity contribution in [1.29, 1.82) is 0 Å². The summed E-state index contributed by atoms with van der Waals surface area (Å²) in [5, 5.41) is 18.5. The lowest BCUT2D eigenvalue weighted by Gasteiger charge is -2.46. The summed E-state index contributed by atoms with van der Waals surface area (Å²) in [6.07, 6.45) is 2.87. The maximum Gasteiger partial charge on any atom is 0.315 e. The molecule has 3 rings (SSSR count). The van der Waals surface area contributed by atoms with Gasteiger partial charge in [-0.25, -0.2) is 9.28 Å². The topological polar surface area (TPSA) is 89.1 Å². The fourth-order valence-corrected chi connectivity index (χ4v) is 3.98. The Balaban J connectivity index is 2.22. The van der Waals surface area contributed by atoms with E-state index in [2.05, 4.69) is 10.2 Å². The zero-order valence-corrected chi connectivity index (χ0v) is 15.5. The zero-order valence-electron chi connectivity index (χ0n) is 15.5. The summed E-state index contributed by atoms with van der Waals surface area (Å²) in [5.41, 5.74) is 3.54. The number of carbonyl (C=O) groups is 2. The Labute approximate surface area is 152 Å². The molecule has 2 heterocycles. The Morgan fingerprint density at radius 1 is 1.38 bits per heavy atom.